The van der Waals surface area contributed by atoms with Crippen molar-refractivity contribution in [3.8, 4) is 0 Å². The van der Waals surface area contributed by atoms with Gasteiger partial charge >= 0.3 is 0 Å². The third-order valence-electron chi connectivity index (χ3n) is 2.62. The molecule has 0 fully saturated rings. The molecule has 0 aliphatic heterocycles. The summed E-state index contributed by atoms with van der Waals surface area (Å²) < 4.78 is 0. The first kappa shape index (κ1) is 14.0. The van der Waals surface area contributed by atoms with E-state index in [0.717, 1.165) is 19.4 Å². The van der Waals surface area contributed by atoms with E-state index >= 15 is 0 Å². The van der Waals surface area contributed by atoms with Crippen molar-refractivity contribution in [2.24, 2.45) is 10.7 Å². The second-order valence-electron chi connectivity index (χ2n) is 4.10. The lowest BCUT2D eigenvalue weighted by Gasteiger charge is -2.21. The van der Waals surface area contributed by atoms with E-state index in [4.69, 9.17) is 11.1 Å². The first-order chi connectivity index (χ1) is 8.63. The molecule has 4 N–H and O–H groups in total. The third-order valence-corrected chi connectivity index (χ3v) is 2.62. The summed E-state index contributed by atoms with van der Waals surface area (Å²) in [6, 6.07) is 10.4. The summed E-state index contributed by atoms with van der Waals surface area (Å²) in [6.45, 7) is 0.863. The van der Waals surface area contributed by atoms with Crippen molar-refractivity contribution >= 4 is 11.9 Å². The van der Waals surface area contributed by atoms with E-state index in [1.54, 1.807) is 7.05 Å². The monoisotopic (exact) mass is 247 g/mol. The molecule has 0 aliphatic rings. The quantitative estimate of drug-likeness (QED) is 0.549. The molecule has 0 saturated carbocycles. The van der Waals surface area contributed by atoms with E-state index in [0.29, 0.717) is 5.96 Å². The Bertz CT molecular complexity index is 399. The van der Waals surface area contributed by atoms with Crippen molar-refractivity contribution in [3.63, 3.8) is 0 Å². The van der Waals surface area contributed by atoms with Gasteiger partial charge in [-0.05, 0) is 18.4 Å². The standard InChI is InChI=1S/C13H21N5/c1-16-13(17-12(14)15)18(2)10-6-9-11-7-4-3-5-8-11/h3-5,7-8H,6,9-10H2,1-2H3,(H4,14,15,16,17). The van der Waals surface area contributed by atoms with Gasteiger partial charge < -0.3 is 10.6 Å². The summed E-state index contributed by atoms with van der Waals surface area (Å²) in [7, 11) is 3.61. The van der Waals surface area contributed by atoms with Gasteiger partial charge in [0.15, 0.2) is 11.9 Å². The number of guanidine groups is 2. The minimum absolute atomic E-state index is 0.0921. The first-order valence-electron chi connectivity index (χ1n) is 5.96. The van der Waals surface area contributed by atoms with Gasteiger partial charge in [0.25, 0.3) is 0 Å². The van der Waals surface area contributed by atoms with Crippen molar-refractivity contribution in [2.75, 3.05) is 20.6 Å². The maximum Gasteiger partial charge on any atom is 0.200 e. The summed E-state index contributed by atoms with van der Waals surface area (Å²) in [5.74, 6) is 0.529. The van der Waals surface area contributed by atoms with Crippen LogP contribution in [0.5, 0.6) is 0 Å². The molecule has 1 aromatic carbocycles. The molecule has 0 radical (unpaired) electrons. The van der Waals surface area contributed by atoms with Gasteiger partial charge in [0.05, 0.1) is 0 Å². The van der Waals surface area contributed by atoms with E-state index in [1.165, 1.54) is 5.56 Å². The molecule has 0 saturated heterocycles. The average molecular weight is 247 g/mol. The minimum Gasteiger partial charge on any atom is -0.370 e. The predicted octanol–water partition coefficient (Wildman–Crippen LogP) is 1.02. The van der Waals surface area contributed by atoms with Crippen LogP contribution < -0.4 is 11.1 Å². The van der Waals surface area contributed by atoms with Crippen LogP contribution in [0.4, 0.5) is 0 Å². The van der Waals surface area contributed by atoms with Crippen molar-refractivity contribution < 1.29 is 0 Å². The molecular formula is C13H21N5. The highest BCUT2D eigenvalue weighted by atomic mass is 15.3. The second-order valence-corrected chi connectivity index (χ2v) is 4.10. The number of hydrogen-bond donors (Lipinski definition) is 3. The summed E-state index contributed by atoms with van der Waals surface area (Å²) in [6.07, 6.45) is 2.06. The maximum absolute atomic E-state index is 7.19. The molecule has 0 spiro atoms. The number of aryl methyl sites for hydroxylation is 1. The Hall–Kier alpha value is -2.04. The zero-order valence-corrected chi connectivity index (χ0v) is 11.0. The van der Waals surface area contributed by atoms with Crippen LogP contribution in [0.2, 0.25) is 0 Å². The molecule has 0 aliphatic carbocycles. The highest BCUT2D eigenvalue weighted by Crippen LogP contribution is 2.03. The van der Waals surface area contributed by atoms with Crippen LogP contribution >= 0.6 is 0 Å². The molecule has 98 valence electrons. The zero-order valence-electron chi connectivity index (χ0n) is 11.0. The van der Waals surface area contributed by atoms with Crippen molar-refractivity contribution in [2.45, 2.75) is 12.8 Å². The van der Waals surface area contributed by atoms with Crippen LogP contribution in [-0.4, -0.2) is 37.5 Å². The number of nitrogens with one attached hydrogen (secondary N) is 2. The van der Waals surface area contributed by atoms with Crippen molar-refractivity contribution in [3.05, 3.63) is 35.9 Å². The summed E-state index contributed by atoms with van der Waals surface area (Å²) >= 11 is 0. The number of nitrogens with two attached hydrogens (primary N) is 1. The summed E-state index contributed by atoms with van der Waals surface area (Å²) in [5.41, 5.74) is 6.62. The van der Waals surface area contributed by atoms with Crippen LogP contribution in [0.25, 0.3) is 0 Å². The van der Waals surface area contributed by atoms with Gasteiger partial charge in [-0.1, -0.05) is 30.3 Å². The number of nitrogens with zero attached hydrogens (tertiary/aromatic N) is 2. The molecule has 0 bridgehead atoms. The largest absolute Gasteiger partial charge is 0.370 e. The van der Waals surface area contributed by atoms with E-state index in [2.05, 4.69) is 34.6 Å². The Balaban J connectivity index is 2.36. The highest BCUT2D eigenvalue weighted by molar-refractivity contribution is 5.96. The molecule has 0 atom stereocenters. The average Bonchev–Trinajstić information content (AvgIpc) is 2.36. The van der Waals surface area contributed by atoms with Crippen molar-refractivity contribution in [1.29, 1.82) is 5.41 Å². The van der Waals surface area contributed by atoms with Gasteiger partial charge in [0.1, 0.15) is 0 Å². The molecular weight excluding hydrogens is 226 g/mol. The highest BCUT2D eigenvalue weighted by Gasteiger charge is 2.05. The fourth-order valence-corrected chi connectivity index (χ4v) is 1.71. The lowest BCUT2D eigenvalue weighted by molar-refractivity contribution is 0.477. The van der Waals surface area contributed by atoms with E-state index in [9.17, 15) is 0 Å². The van der Waals surface area contributed by atoms with Crippen LogP contribution in [0.15, 0.2) is 35.3 Å². The Morgan fingerprint density at radius 3 is 2.61 bits per heavy atom. The van der Waals surface area contributed by atoms with E-state index < -0.39 is 0 Å². The molecule has 0 unspecified atom stereocenters. The molecule has 0 heterocycles. The fourth-order valence-electron chi connectivity index (χ4n) is 1.71. The van der Waals surface area contributed by atoms with Gasteiger partial charge in [0.2, 0.25) is 0 Å². The van der Waals surface area contributed by atoms with E-state index in [1.807, 2.05) is 18.0 Å². The number of hydrogen-bond acceptors (Lipinski definition) is 2. The Morgan fingerprint density at radius 2 is 2.06 bits per heavy atom. The van der Waals surface area contributed by atoms with E-state index in [-0.39, 0.29) is 5.96 Å². The molecule has 18 heavy (non-hydrogen) atoms. The lowest BCUT2D eigenvalue weighted by Crippen LogP contribution is -2.45. The number of benzene rings is 1. The topological polar surface area (TPSA) is 77.5 Å². The smallest absolute Gasteiger partial charge is 0.200 e. The Morgan fingerprint density at radius 1 is 1.39 bits per heavy atom. The molecule has 5 heteroatoms. The molecule has 0 amide bonds. The maximum atomic E-state index is 7.19. The SMILES string of the molecule is C/N=C(/NC(=N)N)N(C)CCCc1ccccc1. The van der Waals surface area contributed by atoms with Crippen LogP contribution in [-0.2, 0) is 6.42 Å². The molecule has 0 aromatic heterocycles. The van der Waals surface area contributed by atoms with Gasteiger partial charge in [-0.2, -0.15) is 0 Å². The van der Waals surface area contributed by atoms with Gasteiger partial charge in [-0.3, -0.25) is 15.7 Å². The van der Waals surface area contributed by atoms with Crippen LogP contribution in [0.1, 0.15) is 12.0 Å². The normalized spacial score (nSPS) is 11.1. The summed E-state index contributed by atoms with van der Waals surface area (Å²) in [5, 5.41) is 9.91. The van der Waals surface area contributed by atoms with Gasteiger partial charge in [-0.15, -0.1) is 0 Å². The molecule has 1 rings (SSSR count). The van der Waals surface area contributed by atoms with Crippen molar-refractivity contribution in [1.82, 2.24) is 10.2 Å². The summed E-state index contributed by atoms with van der Waals surface area (Å²) in [4.78, 5) is 6.03. The van der Waals surface area contributed by atoms with Gasteiger partial charge in [0, 0.05) is 20.6 Å². The Kier molecular flexibility index (Phi) is 5.70. The number of aliphatic imine (C=N–C) groups is 1. The first-order valence-corrected chi connectivity index (χ1v) is 5.96. The van der Waals surface area contributed by atoms with Crippen LogP contribution in [0, 0.1) is 5.41 Å². The lowest BCUT2D eigenvalue weighted by atomic mass is 10.1. The second kappa shape index (κ2) is 7.32. The Labute approximate surface area is 108 Å². The zero-order chi connectivity index (χ0) is 13.4. The fraction of sp³-hybridized carbons (Fsp3) is 0.385. The third kappa shape index (κ3) is 4.86. The van der Waals surface area contributed by atoms with Gasteiger partial charge in [-0.25, -0.2) is 0 Å². The predicted molar refractivity (Wildman–Crippen MR) is 75.8 cm³/mol. The van der Waals surface area contributed by atoms with Crippen LogP contribution in [0.3, 0.4) is 0 Å². The molecule has 5 nitrogen and oxygen atoms in total. The minimum atomic E-state index is -0.0921. The number of rotatable bonds is 4. The molecule has 1 aromatic rings.